The minimum absolute atomic E-state index is 0.307. The maximum absolute atomic E-state index is 11.1. The van der Waals surface area contributed by atoms with Crippen LogP contribution in [-0.4, -0.2) is 38.1 Å². The summed E-state index contributed by atoms with van der Waals surface area (Å²) in [5.41, 5.74) is 6.30. The van der Waals surface area contributed by atoms with Crippen LogP contribution in [0.1, 0.15) is 12.5 Å². The molecule has 1 aromatic rings. The predicted octanol–water partition coefficient (Wildman–Crippen LogP) is 1.01. The zero-order valence-electron chi connectivity index (χ0n) is 11.3. The molecule has 0 unspecified atom stereocenters. The molecule has 0 saturated heterocycles. The van der Waals surface area contributed by atoms with Gasteiger partial charge in [-0.05, 0) is 31.7 Å². The van der Waals surface area contributed by atoms with Gasteiger partial charge in [0.05, 0.1) is 20.3 Å². The van der Waals surface area contributed by atoms with E-state index in [0.29, 0.717) is 18.0 Å². The van der Waals surface area contributed by atoms with Gasteiger partial charge in [0.15, 0.2) is 11.5 Å². The van der Waals surface area contributed by atoms with Gasteiger partial charge in [0.1, 0.15) is 0 Å². The minimum atomic E-state index is -0.335. The second-order valence-corrected chi connectivity index (χ2v) is 4.18. The van der Waals surface area contributed by atoms with Crippen LogP contribution >= 0.6 is 0 Å². The molecule has 0 aliphatic heterocycles. The van der Waals surface area contributed by atoms with E-state index in [1.54, 1.807) is 21.1 Å². The number of carbonyl (C=O) groups excluding carboxylic acids is 1. The number of methoxy groups -OCH3 is 2. The van der Waals surface area contributed by atoms with Gasteiger partial charge < -0.3 is 15.2 Å². The summed E-state index contributed by atoms with van der Waals surface area (Å²) in [5.74, 6) is 1.03. The molecule has 0 aliphatic carbocycles. The molecule has 0 heterocycles. The highest BCUT2D eigenvalue weighted by molar-refractivity contribution is 5.79. The maximum Gasteiger partial charge on any atom is 0.234 e. The summed E-state index contributed by atoms with van der Waals surface area (Å²) in [6.07, 6.45) is 0. The van der Waals surface area contributed by atoms with E-state index in [0.717, 1.165) is 5.56 Å². The molecule has 0 aliphatic rings. The topological polar surface area (TPSA) is 64.8 Å². The lowest BCUT2D eigenvalue weighted by molar-refractivity contribution is -0.122. The number of nitrogens with two attached hydrogens (primary N) is 1. The Kier molecular flexibility index (Phi) is 4.97. The number of primary amides is 1. The summed E-state index contributed by atoms with van der Waals surface area (Å²) in [5, 5.41) is 0. The molecule has 1 aromatic carbocycles. The molecule has 100 valence electrons. The zero-order chi connectivity index (χ0) is 13.7. The number of ether oxygens (including phenoxy) is 2. The molecular formula is C13H20N2O3. The van der Waals surface area contributed by atoms with Crippen molar-refractivity contribution < 1.29 is 14.3 Å². The number of amides is 1. The van der Waals surface area contributed by atoms with E-state index < -0.39 is 0 Å². The highest BCUT2D eigenvalue weighted by Crippen LogP contribution is 2.28. The number of rotatable bonds is 6. The van der Waals surface area contributed by atoms with Crippen LogP contribution in [0.25, 0.3) is 0 Å². The van der Waals surface area contributed by atoms with Gasteiger partial charge in [0.2, 0.25) is 5.91 Å². The van der Waals surface area contributed by atoms with Gasteiger partial charge in [-0.15, -0.1) is 0 Å². The van der Waals surface area contributed by atoms with Gasteiger partial charge >= 0.3 is 0 Å². The average Bonchev–Trinajstić information content (AvgIpc) is 2.37. The van der Waals surface area contributed by atoms with E-state index in [4.69, 9.17) is 15.2 Å². The lowest BCUT2D eigenvalue weighted by Gasteiger charge is -2.22. The summed E-state index contributed by atoms with van der Waals surface area (Å²) in [4.78, 5) is 13.0. The smallest absolute Gasteiger partial charge is 0.234 e. The predicted molar refractivity (Wildman–Crippen MR) is 69.7 cm³/mol. The van der Waals surface area contributed by atoms with Crippen LogP contribution in [0.4, 0.5) is 0 Å². The fraction of sp³-hybridized carbons (Fsp3) is 0.462. The van der Waals surface area contributed by atoms with Crippen LogP contribution in [0.15, 0.2) is 18.2 Å². The highest BCUT2D eigenvalue weighted by atomic mass is 16.5. The normalized spacial score (nSPS) is 12.3. The number of likely N-dealkylation sites (N-methyl/N-ethyl adjacent to an activating group) is 1. The van der Waals surface area contributed by atoms with Crippen molar-refractivity contribution in [3.63, 3.8) is 0 Å². The Labute approximate surface area is 107 Å². The number of nitrogens with zero attached hydrogens (tertiary/aromatic N) is 1. The van der Waals surface area contributed by atoms with Crippen molar-refractivity contribution in [2.75, 3.05) is 21.3 Å². The van der Waals surface area contributed by atoms with E-state index in [-0.39, 0.29) is 11.9 Å². The van der Waals surface area contributed by atoms with Crippen LogP contribution in [-0.2, 0) is 11.3 Å². The Bertz CT molecular complexity index is 421. The molecule has 18 heavy (non-hydrogen) atoms. The Morgan fingerprint density at radius 2 is 1.94 bits per heavy atom. The van der Waals surface area contributed by atoms with Gasteiger partial charge in [-0.3, -0.25) is 9.69 Å². The number of carbonyl (C=O) groups is 1. The molecular weight excluding hydrogens is 232 g/mol. The summed E-state index contributed by atoms with van der Waals surface area (Å²) in [6.45, 7) is 2.40. The Balaban J connectivity index is 2.82. The van der Waals surface area contributed by atoms with Crippen molar-refractivity contribution in [1.82, 2.24) is 4.90 Å². The Morgan fingerprint density at radius 1 is 1.33 bits per heavy atom. The van der Waals surface area contributed by atoms with Crippen LogP contribution in [0, 0.1) is 0 Å². The molecule has 0 spiro atoms. The standard InChI is InChI=1S/C13H20N2O3/c1-9(13(14)16)15(2)8-10-5-6-11(17-3)12(7-10)18-4/h5-7,9H,8H2,1-4H3,(H2,14,16)/t9-/m0/s1. The molecule has 1 rings (SSSR count). The first kappa shape index (κ1) is 14.3. The van der Waals surface area contributed by atoms with Crippen molar-refractivity contribution in [2.45, 2.75) is 19.5 Å². The molecule has 0 fully saturated rings. The molecule has 1 amide bonds. The van der Waals surface area contributed by atoms with Gasteiger partial charge in [0, 0.05) is 6.54 Å². The fourth-order valence-corrected chi connectivity index (χ4v) is 1.62. The molecule has 2 N–H and O–H groups in total. The fourth-order valence-electron chi connectivity index (χ4n) is 1.62. The van der Waals surface area contributed by atoms with Crippen LogP contribution < -0.4 is 15.2 Å². The van der Waals surface area contributed by atoms with E-state index in [1.807, 2.05) is 30.1 Å². The van der Waals surface area contributed by atoms with Crippen molar-refractivity contribution in [3.8, 4) is 11.5 Å². The summed E-state index contributed by atoms with van der Waals surface area (Å²) in [6, 6.07) is 5.36. The van der Waals surface area contributed by atoms with Gasteiger partial charge in [0.25, 0.3) is 0 Å². The van der Waals surface area contributed by atoms with Crippen molar-refractivity contribution in [3.05, 3.63) is 23.8 Å². The molecule has 0 saturated carbocycles. The highest BCUT2D eigenvalue weighted by Gasteiger charge is 2.15. The molecule has 0 radical (unpaired) electrons. The first-order chi connectivity index (χ1) is 8.49. The van der Waals surface area contributed by atoms with Crippen molar-refractivity contribution >= 4 is 5.91 Å². The second-order valence-electron chi connectivity index (χ2n) is 4.18. The van der Waals surface area contributed by atoms with Crippen LogP contribution in [0.2, 0.25) is 0 Å². The van der Waals surface area contributed by atoms with E-state index >= 15 is 0 Å². The van der Waals surface area contributed by atoms with E-state index in [9.17, 15) is 4.79 Å². The lowest BCUT2D eigenvalue weighted by Crippen LogP contribution is -2.39. The Morgan fingerprint density at radius 3 is 2.44 bits per heavy atom. The third-order valence-electron chi connectivity index (χ3n) is 2.95. The Hall–Kier alpha value is -1.75. The third-order valence-corrected chi connectivity index (χ3v) is 2.95. The lowest BCUT2D eigenvalue weighted by atomic mass is 10.1. The van der Waals surface area contributed by atoms with Crippen molar-refractivity contribution in [2.24, 2.45) is 5.73 Å². The molecule has 5 nitrogen and oxygen atoms in total. The monoisotopic (exact) mass is 252 g/mol. The molecule has 0 bridgehead atoms. The maximum atomic E-state index is 11.1. The summed E-state index contributed by atoms with van der Waals surface area (Å²) < 4.78 is 10.4. The first-order valence-corrected chi connectivity index (χ1v) is 5.70. The molecule has 1 atom stereocenters. The van der Waals surface area contributed by atoms with Crippen LogP contribution in [0.3, 0.4) is 0 Å². The minimum Gasteiger partial charge on any atom is -0.493 e. The van der Waals surface area contributed by atoms with Gasteiger partial charge in [-0.2, -0.15) is 0 Å². The number of benzene rings is 1. The molecule has 5 heteroatoms. The second kappa shape index (κ2) is 6.26. The van der Waals surface area contributed by atoms with Crippen LogP contribution in [0.5, 0.6) is 11.5 Å². The van der Waals surface area contributed by atoms with E-state index in [2.05, 4.69) is 0 Å². The zero-order valence-corrected chi connectivity index (χ0v) is 11.3. The number of hydrogen-bond donors (Lipinski definition) is 1. The van der Waals surface area contributed by atoms with Gasteiger partial charge in [-0.1, -0.05) is 6.07 Å². The summed E-state index contributed by atoms with van der Waals surface area (Å²) >= 11 is 0. The number of hydrogen-bond acceptors (Lipinski definition) is 4. The average molecular weight is 252 g/mol. The largest absolute Gasteiger partial charge is 0.493 e. The first-order valence-electron chi connectivity index (χ1n) is 5.70. The van der Waals surface area contributed by atoms with E-state index in [1.165, 1.54) is 0 Å². The quantitative estimate of drug-likeness (QED) is 0.820. The SMILES string of the molecule is COc1ccc(CN(C)[C@@H](C)C(N)=O)cc1OC. The van der Waals surface area contributed by atoms with Gasteiger partial charge in [-0.25, -0.2) is 0 Å². The summed E-state index contributed by atoms with van der Waals surface area (Å²) in [7, 11) is 5.04. The third kappa shape index (κ3) is 3.37. The van der Waals surface area contributed by atoms with Crippen molar-refractivity contribution in [1.29, 1.82) is 0 Å². The molecule has 0 aromatic heterocycles.